The summed E-state index contributed by atoms with van der Waals surface area (Å²) >= 11 is 0. The maximum absolute atomic E-state index is 5.99. The van der Waals surface area contributed by atoms with Crippen molar-refractivity contribution in [3.8, 4) is 5.75 Å². The number of guanidine groups is 1. The Hall–Kier alpha value is -1.28. The van der Waals surface area contributed by atoms with Gasteiger partial charge in [-0.25, -0.2) is 4.99 Å². The van der Waals surface area contributed by atoms with E-state index in [1.165, 1.54) is 11.1 Å². The van der Waals surface area contributed by atoms with Crippen LogP contribution in [-0.2, 0) is 0 Å². The van der Waals surface area contributed by atoms with Crippen molar-refractivity contribution >= 4 is 29.9 Å². The predicted molar refractivity (Wildman–Crippen MR) is 130 cm³/mol. The van der Waals surface area contributed by atoms with Gasteiger partial charge in [0.05, 0.1) is 6.54 Å². The smallest absolute Gasteiger partial charge is 0.191 e. The van der Waals surface area contributed by atoms with Crippen molar-refractivity contribution in [3.05, 3.63) is 42.0 Å². The minimum atomic E-state index is 0. The Labute approximate surface area is 188 Å². The number of halogens is 1. The summed E-state index contributed by atoms with van der Waals surface area (Å²) in [6.45, 7) is 17.0. The number of ether oxygens (including phenoxy) is 1. The van der Waals surface area contributed by atoms with Crippen LogP contribution in [0, 0.1) is 6.92 Å². The molecule has 0 spiro atoms. The van der Waals surface area contributed by atoms with Crippen LogP contribution in [0.4, 0.5) is 0 Å². The van der Waals surface area contributed by atoms with Gasteiger partial charge in [-0.3, -0.25) is 4.90 Å². The van der Waals surface area contributed by atoms with Gasteiger partial charge in [-0.05, 0) is 58.2 Å². The molecule has 1 aromatic rings. The van der Waals surface area contributed by atoms with E-state index in [0.717, 1.165) is 50.7 Å². The number of piperidine rings is 1. The highest BCUT2D eigenvalue weighted by molar-refractivity contribution is 14.0. The third-order valence-corrected chi connectivity index (χ3v) is 4.60. The Morgan fingerprint density at radius 1 is 1.36 bits per heavy atom. The van der Waals surface area contributed by atoms with Crippen LogP contribution in [0.15, 0.2) is 41.4 Å². The maximum Gasteiger partial charge on any atom is 0.191 e. The molecule has 0 aliphatic carbocycles. The van der Waals surface area contributed by atoms with E-state index >= 15 is 0 Å². The molecule has 1 aliphatic rings. The van der Waals surface area contributed by atoms with Crippen molar-refractivity contribution in [2.45, 2.75) is 52.7 Å². The van der Waals surface area contributed by atoms with Crippen LogP contribution in [-0.4, -0.2) is 55.7 Å². The van der Waals surface area contributed by atoms with Crippen LogP contribution in [0.1, 0.15) is 39.2 Å². The number of hydrogen-bond donors (Lipinski definition) is 2. The highest BCUT2D eigenvalue weighted by Gasteiger charge is 2.19. The third-order valence-electron chi connectivity index (χ3n) is 4.60. The Balaban J connectivity index is 0.00000392. The minimum Gasteiger partial charge on any atom is -0.489 e. The van der Waals surface area contributed by atoms with Crippen LogP contribution in [0.2, 0.25) is 0 Å². The number of benzene rings is 1. The summed E-state index contributed by atoms with van der Waals surface area (Å²) in [5.41, 5.74) is 2.44. The molecule has 0 amide bonds. The van der Waals surface area contributed by atoms with E-state index in [1.54, 1.807) is 0 Å². The zero-order valence-corrected chi connectivity index (χ0v) is 20.2. The van der Waals surface area contributed by atoms with Gasteiger partial charge in [-0.2, -0.15) is 0 Å². The van der Waals surface area contributed by atoms with Gasteiger partial charge in [0, 0.05) is 32.2 Å². The topological polar surface area (TPSA) is 48.9 Å². The molecule has 5 nitrogen and oxygen atoms in total. The van der Waals surface area contributed by atoms with Gasteiger partial charge in [0.2, 0.25) is 0 Å². The summed E-state index contributed by atoms with van der Waals surface area (Å²) in [4.78, 5) is 7.21. The van der Waals surface area contributed by atoms with Gasteiger partial charge in [0.25, 0.3) is 0 Å². The predicted octanol–water partition coefficient (Wildman–Crippen LogP) is 3.98. The average molecular weight is 500 g/mol. The molecule has 0 bridgehead atoms. The van der Waals surface area contributed by atoms with Crippen LogP contribution in [0.3, 0.4) is 0 Å². The molecule has 1 heterocycles. The molecule has 1 fully saturated rings. The summed E-state index contributed by atoms with van der Waals surface area (Å²) in [6.07, 6.45) is 2.29. The summed E-state index contributed by atoms with van der Waals surface area (Å²) < 4.78 is 5.99. The number of aryl methyl sites for hydroxylation is 1. The number of nitrogens with zero attached hydrogens (tertiary/aromatic N) is 2. The normalized spacial score (nSPS) is 16.8. The fourth-order valence-electron chi connectivity index (χ4n) is 3.31. The number of aliphatic imine (C=N–C) groups is 1. The van der Waals surface area contributed by atoms with Crippen LogP contribution in [0.5, 0.6) is 5.75 Å². The first kappa shape index (κ1) is 24.8. The van der Waals surface area contributed by atoms with E-state index in [4.69, 9.17) is 9.73 Å². The molecule has 1 atom stereocenters. The fourth-order valence-corrected chi connectivity index (χ4v) is 3.31. The molecule has 28 heavy (non-hydrogen) atoms. The Morgan fingerprint density at radius 2 is 2.07 bits per heavy atom. The number of hydrogen-bond acceptors (Lipinski definition) is 3. The first-order valence-electron chi connectivity index (χ1n) is 10.1. The highest BCUT2D eigenvalue weighted by Crippen LogP contribution is 2.14. The lowest BCUT2D eigenvalue weighted by molar-refractivity contribution is 0.220. The minimum absolute atomic E-state index is 0. The summed E-state index contributed by atoms with van der Waals surface area (Å²) in [5, 5.41) is 6.95. The Bertz CT molecular complexity index is 627. The van der Waals surface area contributed by atoms with Crippen LogP contribution in [0.25, 0.3) is 0 Å². The number of rotatable bonds is 8. The van der Waals surface area contributed by atoms with Crippen molar-refractivity contribution in [2.75, 3.05) is 32.7 Å². The van der Waals surface area contributed by atoms with Gasteiger partial charge in [-0.1, -0.05) is 24.3 Å². The van der Waals surface area contributed by atoms with Crippen LogP contribution >= 0.6 is 24.0 Å². The molecule has 6 heteroatoms. The molecular formula is C22H37IN4O. The quantitative estimate of drug-likeness (QED) is 0.246. The first-order valence-corrected chi connectivity index (χ1v) is 10.1. The highest BCUT2D eigenvalue weighted by atomic mass is 127. The van der Waals surface area contributed by atoms with E-state index in [1.807, 2.05) is 12.1 Å². The molecular weight excluding hydrogens is 463 g/mol. The van der Waals surface area contributed by atoms with E-state index < -0.39 is 0 Å². The lowest BCUT2D eigenvalue weighted by Gasteiger charge is -2.33. The van der Waals surface area contributed by atoms with E-state index in [-0.39, 0.29) is 30.1 Å². The van der Waals surface area contributed by atoms with Gasteiger partial charge in [0.1, 0.15) is 11.9 Å². The lowest BCUT2D eigenvalue weighted by Crippen LogP contribution is -2.49. The molecule has 1 aromatic carbocycles. The zero-order valence-electron chi connectivity index (χ0n) is 17.8. The van der Waals surface area contributed by atoms with E-state index in [2.05, 4.69) is 61.9 Å². The second-order valence-electron chi connectivity index (χ2n) is 7.62. The van der Waals surface area contributed by atoms with Crippen molar-refractivity contribution < 1.29 is 4.74 Å². The summed E-state index contributed by atoms with van der Waals surface area (Å²) in [5.74, 6) is 1.79. The number of nitrogens with one attached hydrogen (secondary N) is 2. The van der Waals surface area contributed by atoms with Crippen molar-refractivity contribution in [1.82, 2.24) is 15.5 Å². The van der Waals surface area contributed by atoms with E-state index in [9.17, 15) is 0 Å². The maximum atomic E-state index is 5.99. The molecule has 0 saturated carbocycles. The first-order chi connectivity index (χ1) is 13.0. The fraction of sp³-hybridized carbons (Fsp3) is 0.591. The van der Waals surface area contributed by atoms with Gasteiger partial charge in [-0.15, -0.1) is 24.0 Å². The molecule has 0 radical (unpaired) electrons. The van der Waals surface area contributed by atoms with Gasteiger partial charge < -0.3 is 15.4 Å². The van der Waals surface area contributed by atoms with E-state index in [0.29, 0.717) is 12.6 Å². The second kappa shape index (κ2) is 13.0. The number of likely N-dealkylation sites (tertiary alicyclic amines) is 1. The molecule has 1 unspecified atom stereocenters. The van der Waals surface area contributed by atoms with Crippen molar-refractivity contribution in [3.63, 3.8) is 0 Å². The molecule has 1 aliphatic heterocycles. The monoisotopic (exact) mass is 500 g/mol. The zero-order chi connectivity index (χ0) is 19.6. The van der Waals surface area contributed by atoms with Crippen molar-refractivity contribution in [2.24, 2.45) is 4.99 Å². The molecule has 0 aromatic heterocycles. The molecule has 2 rings (SSSR count). The third kappa shape index (κ3) is 9.28. The average Bonchev–Trinajstić information content (AvgIpc) is 2.61. The van der Waals surface area contributed by atoms with Gasteiger partial charge in [0.15, 0.2) is 5.96 Å². The molecule has 1 saturated heterocycles. The van der Waals surface area contributed by atoms with Gasteiger partial charge >= 0.3 is 0 Å². The van der Waals surface area contributed by atoms with Crippen LogP contribution < -0.4 is 15.4 Å². The Morgan fingerprint density at radius 3 is 2.68 bits per heavy atom. The molecule has 2 N–H and O–H groups in total. The largest absolute Gasteiger partial charge is 0.489 e. The SMILES string of the molecule is C=C(C)CN1CCC(NC(=NCC(C)Oc2cccc(C)c2)NCC)CC1.I. The Kier molecular flexibility index (Phi) is 11.5. The lowest BCUT2D eigenvalue weighted by atomic mass is 10.0. The second-order valence-corrected chi connectivity index (χ2v) is 7.62. The standard InChI is InChI=1S/C22H36N4O.HI/c1-6-23-22(25-20-10-12-26(13-11-20)16-17(2)3)24-15-19(5)27-21-9-7-8-18(4)14-21;/h7-9,14,19-20H,2,6,10-13,15-16H2,1,3-5H3,(H2,23,24,25);1H. The summed E-state index contributed by atoms with van der Waals surface area (Å²) in [7, 11) is 0. The summed E-state index contributed by atoms with van der Waals surface area (Å²) in [6, 6.07) is 8.62. The molecule has 158 valence electrons. The van der Waals surface area contributed by atoms with Crippen molar-refractivity contribution in [1.29, 1.82) is 0 Å².